The van der Waals surface area contributed by atoms with E-state index < -0.39 is 17.9 Å². The summed E-state index contributed by atoms with van der Waals surface area (Å²) >= 11 is 3.35. The third kappa shape index (κ3) is 3.76. The Bertz CT molecular complexity index is 637. The first-order valence-electron chi connectivity index (χ1n) is 6.85. The number of carboxylic acids is 1. The first-order valence-corrected chi connectivity index (χ1v) is 7.65. The van der Waals surface area contributed by atoms with Crippen molar-refractivity contribution in [3.05, 3.63) is 58.5 Å². The van der Waals surface area contributed by atoms with Crippen molar-refractivity contribution in [3.8, 4) is 0 Å². The summed E-state index contributed by atoms with van der Waals surface area (Å²) in [7, 11) is 0. The van der Waals surface area contributed by atoms with Crippen LogP contribution in [0.2, 0.25) is 0 Å². The molecule has 2 unspecified atom stereocenters. The molecule has 2 aromatic rings. The smallest absolute Gasteiger partial charge is 0.326 e. The lowest BCUT2D eigenvalue weighted by Gasteiger charge is -2.24. The van der Waals surface area contributed by atoms with Crippen LogP contribution in [0.25, 0.3) is 0 Å². The number of nitrogens with one attached hydrogen (secondary N) is 1. The monoisotopic (exact) mass is 365 g/mol. The van der Waals surface area contributed by atoms with E-state index in [1.54, 1.807) is 6.07 Å². The van der Waals surface area contributed by atoms with Gasteiger partial charge in [-0.15, -0.1) is 0 Å². The Balaban J connectivity index is 2.23. The van der Waals surface area contributed by atoms with E-state index in [1.165, 1.54) is 12.3 Å². The third-order valence-corrected chi connectivity index (χ3v) is 3.97. The fourth-order valence-electron chi connectivity index (χ4n) is 2.33. The number of carboxylic acid groups (broad SMARTS) is 1. The lowest BCUT2D eigenvalue weighted by Crippen LogP contribution is -2.44. The maximum atomic E-state index is 12.1. The van der Waals surface area contributed by atoms with Crippen LogP contribution < -0.4 is 5.32 Å². The van der Waals surface area contributed by atoms with Crippen LogP contribution in [0.3, 0.4) is 0 Å². The van der Waals surface area contributed by atoms with Crippen LogP contribution >= 0.6 is 15.9 Å². The first-order chi connectivity index (χ1) is 10.5. The highest BCUT2D eigenvalue weighted by Gasteiger charge is 2.30. The second kappa shape index (κ2) is 7.26. The number of aliphatic carboxylic acids is 1. The van der Waals surface area contributed by atoms with Gasteiger partial charge in [0, 0.05) is 10.4 Å². The summed E-state index contributed by atoms with van der Waals surface area (Å²) in [6.07, 6.45) is 1.95. The summed E-state index contributed by atoms with van der Waals surface area (Å²) in [4.78, 5) is 23.6. The topological polar surface area (TPSA) is 79.5 Å². The quantitative estimate of drug-likeness (QED) is 0.821. The fraction of sp³-hybridized carbons (Fsp3) is 0.250. The summed E-state index contributed by atoms with van der Waals surface area (Å²) in [6, 6.07) is 9.46. The SMILES string of the molecule is CCC(c1ccc(Br)cc1)C(NC(=O)c1ccco1)C(=O)O. The molecule has 0 aliphatic carbocycles. The van der Waals surface area contributed by atoms with E-state index in [4.69, 9.17) is 4.42 Å². The van der Waals surface area contributed by atoms with Crippen molar-refractivity contribution in [2.45, 2.75) is 25.3 Å². The Morgan fingerprint density at radius 1 is 1.27 bits per heavy atom. The number of hydrogen-bond donors (Lipinski definition) is 2. The van der Waals surface area contributed by atoms with Crippen LogP contribution in [0, 0.1) is 0 Å². The van der Waals surface area contributed by atoms with Gasteiger partial charge in [0.25, 0.3) is 5.91 Å². The number of rotatable bonds is 6. The predicted octanol–water partition coefficient (Wildman–Crippen LogP) is 3.42. The van der Waals surface area contributed by atoms with Gasteiger partial charge in [0.1, 0.15) is 6.04 Å². The van der Waals surface area contributed by atoms with Crippen LogP contribution in [0.5, 0.6) is 0 Å². The largest absolute Gasteiger partial charge is 0.480 e. The normalized spacial score (nSPS) is 13.4. The number of amides is 1. The van der Waals surface area contributed by atoms with Gasteiger partial charge in [-0.05, 0) is 36.2 Å². The molecule has 0 radical (unpaired) electrons. The zero-order valence-electron chi connectivity index (χ0n) is 12.0. The van der Waals surface area contributed by atoms with Crippen LogP contribution in [0.1, 0.15) is 35.4 Å². The Morgan fingerprint density at radius 2 is 1.95 bits per heavy atom. The average Bonchev–Trinajstić information content (AvgIpc) is 3.02. The summed E-state index contributed by atoms with van der Waals surface area (Å²) in [5, 5.41) is 12.0. The van der Waals surface area contributed by atoms with Gasteiger partial charge in [-0.1, -0.05) is 35.0 Å². The van der Waals surface area contributed by atoms with Crippen molar-refractivity contribution < 1.29 is 19.1 Å². The summed E-state index contributed by atoms with van der Waals surface area (Å²) in [5.74, 6) is -1.84. The maximum absolute atomic E-state index is 12.1. The zero-order chi connectivity index (χ0) is 16.1. The van der Waals surface area contributed by atoms with Crippen molar-refractivity contribution in [3.63, 3.8) is 0 Å². The molecule has 0 saturated heterocycles. The Kier molecular flexibility index (Phi) is 5.38. The van der Waals surface area contributed by atoms with E-state index in [-0.39, 0.29) is 11.7 Å². The van der Waals surface area contributed by atoms with E-state index in [1.807, 2.05) is 31.2 Å². The number of hydrogen-bond acceptors (Lipinski definition) is 3. The number of benzene rings is 1. The van der Waals surface area contributed by atoms with Crippen molar-refractivity contribution >= 4 is 27.8 Å². The molecule has 0 bridgehead atoms. The second-order valence-electron chi connectivity index (χ2n) is 4.83. The van der Waals surface area contributed by atoms with Crippen LogP contribution in [-0.2, 0) is 4.79 Å². The molecular weight excluding hydrogens is 350 g/mol. The number of carbonyl (C=O) groups is 2. The molecule has 0 aliphatic heterocycles. The predicted molar refractivity (Wildman–Crippen MR) is 84.8 cm³/mol. The molecule has 1 heterocycles. The molecule has 2 rings (SSSR count). The van der Waals surface area contributed by atoms with E-state index in [0.29, 0.717) is 6.42 Å². The Morgan fingerprint density at radius 3 is 2.45 bits per heavy atom. The second-order valence-corrected chi connectivity index (χ2v) is 5.75. The van der Waals surface area contributed by atoms with E-state index in [0.717, 1.165) is 10.0 Å². The number of furan rings is 1. The van der Waals surface area contributed by atoms with Crippen LogP contribution in [0.4, 0.5) is 0 Å². The van der Waals surface area contributed by atoms with Gasteiger partial charge in [0.05, 0.1) is 6.26 Å². The maximum Gasteiger partial charge on any atom is 0.326 e. The number of carbonyl (C=O) groups excluding carboxylic acids is 1. The molecule has 0 aliphatic rings. The van der Waals surface area contributed by atoms with Gasteiger partial charge < -0.3 is 14.8 Å². The van der Waals surface area contributed by atoms with E-state index in [9.17, 15) is 14.7 Å². The van der Waals surface area contributed by atoms with E-state index >= 15 is 0 Å². The molecule has 0 spiro atoms. The van der Waals surface area contributed by atoms with Gasteiger partial charge in [-0.2, -0.15) is 0 Å². The highest BCUT2D eigenvalue weighted by molar-refractivity contribution is 9.10. The molecule has 116 valence electrons. The average molecular weight is 366 g/mol. The molecule has 5 nitrogen and oxygen atoms in total. The minimum Gasteiger partial charge on any atom is -0.480 e. The summed E-state index contributed by atoms with van der Waals surface area (Å²) in [5.41, 5.74) is 0.859. The van der Waals surface area contributed by atoms with Gasteiger partial charge in [-0.25, -0.2) is 4.79 Å². The third-order valence-electron chi connectivity index (χ3n) is 3.44. The standard InChI is InChI=1S/C16H16BrNO4/c1-2-12(10-5-7-11(17)8-6-10)14(16(20)21)18-15(19)13-4-3-9-22-13/h3-9,12,14H,2H2,1H3,(H,18,19)(H,20,21). The molecule has 22 heavy (non-hydrogen) atoms. The lowest BCUT2D eigenvalue weighted by atomic mass is 9.89. The highest BCUT2D eigenvalue weighted by Crippen LogP contribution is 2.25. The fourth-order valence-corrected chi connectivity index (χ4v) is 2.59. The molecule has 2 N–H and O–H groups in total. The van der Waals surface area contributed by atoms with Crippen molar-refractivity contribution in [2.75, 3.05) is 0 Å². The summed E-state index contributed by atoms with van der Waals surface area (Å²) in [6.45, 7) is 1.89. The Labute approximate surface area is 136 Å². The van der Waals surface area contributed by atoms with Crippen molar-refractivity contribution in [1.82, 2.24) is 5.32 Å². The van der Waals surface area contributed by atoms with Gasteiger partial charge in [-0.3, -0.25) is 4.79 Å². The molecule has 0 fully saturated rings. The van der Waals surface area contributed by atoms with Gasteiger partial charge in [0.15, 0.2) is 5.76 Å². The van der Waals surface area contributed by atoms with Gasteiger partial charge >= 0.3 is 5.97 Å². The van der Waals surface area contributed by atoms with Crippen molar-refractivity contribution in [1.29, 1.82) is 0 Å². The molecule has 0 saturated carbocycles. The summed E-state index contributed by atoms with van der Waals surface area (Å²) < 4.78 is 5.91. The molecule has 1 aromatic carbocycles. The van der Waals surface area contributed by atoms with Crippen LogP contribution in [-0.4, -0.2) is 23.0 Å². The molecule has 1 amide bonds. The molecule has 6 heteroatoms. The van der Waals surface area contributed by atoms with Crippen LogP contribution in [0.15, 0.2) is 51.6 Å². The molecule has 1 aromatic heterocycles. The molecule has 2 atom stereocenters. The van der Waals surface area contributed by atoms with Crippen molar-refractivity contribution in [2.24, 2.45) is 0 Å². The minimum atomic E-state index is -1.07. The first kappa shape index (κ1) is 16.3. The highest BCUT2D eigenvalue weighted by atomic mass is 79.9. The lowest BCUT2D eigenvalue weighted by molar-refractivity contribution is -0.139. The molecular formula is C16H16BrNO4. The van der Waals surface area contributed by atoms with E-state index in [2.05, 4.69) is 21.2 Å². The Hall–Kier alpha value is -2.08. The number of halogens is 1. The van der Waals surface area contributed by atoms with Gasteiger partial charge in [0.2, 0.25) is 0 Å². The minimum absolute atomic E-state index is 0.0944. The zero-order valence-corrected chi connectivity index (χ0v) is 13.5.